The molecule has 8 heteroatoms. The lowest BCUT2D eigenvalue weighted by Crippen LogP contribution is -2.68. The Balaban J connectivity index is 1.51. The van der Waals surface area contributed by atoms with Gasteiger partial charge in [-0.1, -0.05) is 58.9 Å². The van der Waals surface area contributed by atoms with Gasteiger partial charge >= 0.3 is 5.97 Å². The number of esters is 1. The van der Waals surface area contributed by atoms with Gasteiger partial charge in [-0.2, -0.15) is 0 Å². The number of nitrogens with zero attached hydrogens (tertiary/aromatic N) is 1. The molecular weight excluding hydrogens is 510 g/mol. The molecule has 1 aromatic heterocycles. The van der Waals surface area contributed by atoms with Gasteiger partial charge in [0.25, 0.3) is 0 Å². The summed E-state index contributed by atoms with van der Waals surface area (Å²) in [5, 5.41) is 17.3. The molecule has 8 nitrogen and oxygen atoms in total. The molecule has 2 bridgehead atoms. The predicted octanol–water partition coefficient (Wildman–Crippen LogP) is 5.07. The molecule has 8 atom stereocenters. The van der Waals surface area contributed by atoms with Gasteiger partial charge in [0, 0.05) is 11.3 Å². The Morgan fingerprint density at radius 2 is 1.85 bits per heavy atom. The number of carbonyl (C=O) groups is 2. The minimum absolute atomic E-state index is 0.0154. The average molecular weight is 554 g/mol. The third kappa shape index (κ3) is 3.45. The maximum atomic E-state index is 14.8. The first-order chi connectivity index (χ1) is 18.4. The smallest absolute Gasteiger partial charge is 0.344 e. The molecule has 1 spiro atoms. The van der Waals surface area contributed by atoms with E-state index in [-0.39, 0.29) is 41.1 Å². The van der Waals surface area contributed by atoms with Gasteiger partial charge in [0.05, 0.1) is 12.0 Å². The standard InChI is InChI=1S/C32H43NO7/c1-15-13-31-16(2)11-20-22(29(20,7)8)19(24(31)34)12-18-14-37-30(9,10)39-26(18)32(31,36)25(15)38-27(35)21-17(3)40-33-23(21)28(4,5)6/h12-13,16,19-20,22,25-26,36H,11,14H2,1-10H3/t16-,19+,20-,22+,25+,26-,31+,32?/m1/s1. The predicted molar refractivity (Wildman–Crippen MR) is 146 cm³/mol. The van der Waals surface area contributed by atoms with Crippen molar-refractivity contribution >= 4 is 11.8 Å². The maximum absolute atomic E-state index is 14.8. The summed E-state index contributed by atoms with van der Waals surface area (Å²) in [4.78, 5) is 28.7. The minimum Gasteiger partial charge on any atom is -0.451 e. The zero-order valence-electron chi connectivity index (χ0n) is 25.4. The van der Waals surface area contributed by atoms with Gasteiger partial charge in [-0.3, -0.25) is 4.79 Å². The van der Waals surface area contributed by atoms with E-state index in [2.05, 4.69) is 25.9 Å². The van der Waals surface area contributed by atoms with Gasteiger partial charge in [0.2, 0.25) is 0 Å². The van der Waals surface area contributed by atoms with E-state index in [1.807, 2.05) is 39.8 Å². The second-order valence-corrected chi connectivity index (χ2v) is 15.0. The highest BCUT2D eigenvalue weighted by Gasteiger charge is 2.77. The van der Waals surface area contributed by atoms with Crippen molar-refractivity contribution in [3.05, 3.63) is 40.3 Å². The summed E-state index contributed by atoms with van der Waals surface area (Å²) < 4.78 is 24.3. The van der Waals surface area contributed by atoms with Crippen LogP contribution in [0.4, 0.5) is 0 Å². The minimum atomic E-state index is -1.86. The summed E-state index contributed by atoms with van der Waals surface area (Å²) in [6.07, 6.45) is 2.69. The molecule has 40 heavy (non-hydrogen) atoms. The lowest BCUT2D eigenvalue weighted by molar-refractivity contribution is -0.302. The Kier molecular flexibility index (Phi) is 5.69. The molecule has 5 aliphatic rings. The summed E-state index contributed by atoms with van der Waals surface area (Å²) in [5.41, 5.74) is -1.47. The number of Topliss-reactive ketones (excluding diaryl/α,β-unsaturated/α-hetero) is 1. The Hall–Kier alpha value is -2.29. The molecule has 6 rings (SSSR count). The molecule has 1 unspecified atom stereocenters. The van der Waals surface area contributed by atoms with Crippen molar-refractivity contribution in [3.8, 4) is 0 Å². The van der Waals surface area contributed by atoms with E-state index in [0.717, 1.165) is 12.0 Å². The van der Waals surface area contributed by atoms with Crippen LogP contribution in [0.1, 0.15) is 90.5 Å². The largest absolute Gasteiger partial charge is 0.451 e. The fourth-order valence-corrected chi connectivity index (χ4v) is 8.59. The summed E-state index contributed by atoms with van der Waals surface area (Å²) in [5.74, 6) is -1.35. The van der Waals surface area contributed by atoms with Gasteiger partial charge in [-0.05, 0) is 68.4 Å². The summed E-state index contributed by atoms with van der Waals surface area (Å²) in [6.45, 7) is 19.7. The van der Waals surface area contributed by atoms with E-state index in [4.69, 9.17) is 18.7 Å². The van der Waals surface area contributed by atoms with Crippen molar-refractivity contribution in [1.82, 2.24) is 5.16 Å². The Morgan fingerprint density at radius 3 is 2.50 bits per heavy atom. The number of ketones is 1. The summed E-state index contributed by atoms with van der Waals surface area (Å²) in [7, 11) is 0. The van der Waals surface area contributed by atoms with Gasteiger partial charge < -0.3 is 23.8 Å². The molecule has 1 N–H and O–H groups in total. The molecule has 4 aliphatic carbocycles. The fourth-order valence-electron chi connectivity index (χ4n) is 8.59. The zero-order chi connectivity index (χ0) is 29.4. The number of hydrogen-bond acceptors (Lipinski definition) is 8. The first-order valence-corrected chi connectivity index (χ1v) is 14.5. The number of fused-ring (bicyclic) bond motifs is 5. The highest BCUT2D eigenvalue weighted by molar-refractivity contribution is 5.96. The molecule has 2 heterocycles. The maximum Gasteiger partial charge on any atom is 0.344 e. The first kappa shape index (κ1) is 27.9. The summed E-state index contributed by atoms with van der Waals surface area (Å²) in [6, 6.07) is 0. The van der Waals surface area contributed by atoms with Crippen LogP contribution in [0.25, 0.3) is 0 Å². The van der Waals surface area contributed by atoms with Crippen LogP contribution in [0.5, 0.6) is 0 Å². The Morgan fingerprint density at radius 1 is 1.18 bits per heavy atom. The number of allylic oxidation sites excluding steroid dienone is 1. The molecule has 0 aromatic carbocycles. The molecule has 1 saturated heterocycles. The van der Waals surface area contributed by atoms with Crippen LogP contribution in [0, 0.1) is 41.4 Å². The Labute approximate surface area is 236 Å². The van der Waals surface area contributed by atoms with Crippen LogP contribution in [0.15, 0.2) is 27.8 Å². The summed E-state index contributed by atoms with van der Waals surface area (Å²) >= 11 is 0. The third-order valence-corrected chi connectivity index (χ3v) is 10.7. The van der Waals surface area contributed by atoms with Crippen LogP contribution in [0.3, 0.4) is 0 Å². The molecule has 218 valence electrons. The van der Waals surface area contributed by atoms with Crippen LogP contribution in [-0.4, -0.2) is 52.2 Å². The van der Waals surface area contributed by atoms with Gasteiger partial charge in [0.15, 0.2) is 23.3 Å². The number of aromatic nitrogens is 1. The monoisotopic (exact) mass is 553 g/mol. The third-order valence-electron chi connectivity index (χ3n) is 10.7. The topological polar surface area (TPSA) is 108 Å². The van der Waals surface area contributed by atoms with Gasteiger partial charge in [-0.15, -0.1) is 0 Å². The van der Waals surface area contributed by atoms with Crippen molar-refractivity contribution in [2.24, 2.45) is 34.5 Å². The van der Waals surface area contributed by atoms with Crippen molar-refractivity contribution in [1.29, 1.82) is 0 Å². The lowest BCUT2D eigenvalue weighted by Gasteiger charge is -2.52. The first-order valence-electron chi connectivity index (χ1n) is 14.5. The van der Waals surface area contributed by atoms with E-state index in [1.165, 1.54) is 0 Å². The number of rotatable bonds is 2. The van der Waals surface area contributed by atoms with Crippen LogP contribution >= 0.6 is 0 Å². The number of aliphatic hydroxyl groups is 1. The van der Waals surface area contributed by atoms with Gasteiger partial charge in [0.1, 0.15) is 23.1 Å². The molecular formula is C32H43NO7. The molecule has 0 radical (unpaired) electrons. The van der Waals surface area contributed by atoms with Crippen molar-refractivity contribution in [3.63, 3.8) is 0 Å². The molecule has 2 saturated carbocycles. The van der Waals surface area contributed by atoms with E-state index < -0.39 is 40.4 Å². The average Bonchev–Trinajstić information content (AvgIpc) is 3.10. The second-order valence-electron chi connectivity index (χ2n) is 15.0. The number of ether oxygens (including phenoxy) is 3. The molecule has 1 aliphatic heterocycles. The zero-order valence-corrected chi connectivity index (χ0v) is 25.4. The van der Waals surface area contributed by atoms with Crippen LogP contribution < -0.4 is 0 Å². The van der Waals surface area contributed by atoms with Crippen LogP contribution in [0.2, 0.25) is 0 Å². The van der Waals surface area contributed by atoms with Crippen molar-refractivity contribution < 1.29 is 33.4 Å². The van der Waals surface area contributed by atoms with Crippen molar-refractivity contribution in [2.45, 2.75) is 105 Å². The normalized spacial score (nSPS) is 41.0. The van der Waals surface area contributed by atoms with E-state index in [1.54, 1.807) is 20.8 Å². The fraction of sp³-hybridized carbons (Fsp3) is 0.719. The van der Waals surface area contributed by atoms with Crippen molar-refractivity contribution in [2.75, 3.05) is 6.61 Å². The molecule has 0 amide bonds. The Bertz CT molecular complexity index is 1360. The number of aryl methyl sites for hydroxylation is 1. The SMILES string of the molecule is CC1=C[C@]23C(=O)[C@@H](C=C4COC(C)(C)O[C@H]4C2(O)[C@H]1OC(=O)c1c(C(C)(C)C)noc1C)[C@H]1[C@@H](C[C@H]3C)C1(C)C. The lowest BCUT2D eigenvalue weighted by atomic mass is 9.59. The van der Waals surface area contributed by atoms with E-state index >= 15 is 0 Å². The number of carbonyl (C=O) groups excluding carboxylic acids is 2. The van der Waals surface area contributed by atoms with E-state index in [0.29, 0.717) is 22.9 Å². The molecule has 3 fully saturated rings. The highest BCUT2D eigenvalue weighted by atomic mass is 16.7. The van der Waals surface area contributed by atoms with Gasteiger partial charge in [-0.25, -0.2) is 4.79 Å². The number of hydrogen-bond donors (Lipinski definition) is 1. The molecule has 1 aromatic rings. The van der Waals surface area contributed by atoms with E-state index in [9.17, 15) is 14.7 Å². The quantitative estimate of drug-likeness (QED) is 0.399. The second kappa shape index (κ2) is 8.17. The highest BCUT2D eigenvalue weighted by Crippen LogP contribution is 2.72. The van der Waals surface area contributed by atoms with Crippen LogP contribution in [-0.2, 0) is 24.4 Å².